The first-order valence-corrected chi connectivity index (χ1v) is 14.9. The molecule has 0 saturated carbocycles. The summed E-state index contributed by atoms with van der Waals surface area (Å²) in [5, 5.41) is 3.91. The molecule has 0 aromatic carbocycles. The SMILES string of the molecule is O=C1C=C(P[B]I)C(=O)N1CCNCCN1CCN(CCN2C(=O)C=C(B(P)I)C2=O)CC1. The molecule has 0 aromatic heterocycles. The third-order valence-corrected chi connectivity index (χ3v) is 8.52. The average molecular weight is 714 g/mol. The first-order valence-electron chi connectivity index (χ1n) is 10.7. The van der Waals surface area contributed by atoms with E-state index in [-0.39, 0.29) is 36.4 Å². The summed E-state index contributed by atoms with van der Waals surface area (Å²) in [6, 6.07) is 0. The number of carbonyl (C=O) groups excluding carboxylic acids is 4. The maximum Gasteiger partial charge on any atom is 0.278 e. The standard InChI is InChI=1S/C18H26B2I2N5O4P2/c21-19-33-14-12-16(29)26(18(14)31)4-2-23-1-3-24-5-7-25(8-6-24)9-10-27-15(28)11-13(17(27)30)20(22)32/h11-12,23,33H,1-10,32H2. The molecule has 15 heteroatoms. The Morgan fingerprint density at radius 2 is 1.48 bits per heavy atom. The van der Waals surface area contributed by atoms with Crippen LogP contribution in [0.15, 0.2) is 22.9 Å². The minimum absolute atomic E-state index is 0.0496. The number of rotatable bonds is 12. The smallest absolute Gasteiger partial charge is 0.278 e. The lowest BCUT2D eigenvalue weighted by Gasteiger charge is -2.35. The highest BCUT2D eigenvalue weighted by atomic mass is 127. The molecule has 2 unspecified atom stereocenters. The Morgan fingerprint density at radius 1 is 0.909 bits per heavy atom. The number of halogens is 2. The van der Waals surface area contributed by atoms with Gasteiger partial charge < -0.3 is 5.32 Å². The molecular weight excluding hydrogens is 688 g/mol. The van der Waals surface area contributed by atoms with Crippen molar-refractivity contribution < 1.29 is 19.2 Å². The third-order valence-electron chi connectivity index (χ3n) is 5.78. The van der Waals surface area contributed by atoms with Gasteiger partial charge in [0.1, 0.15) is 0 Å². The summed E-state index contributed by atoms with van der Waals surface area (Å²) in [5.74, 6) is -0.772. The molecule has 3 aliphatic heterocycles. The van der Waals surface area contributed by atoms with Crippen molar-refractivity contribution in [3.63, 3.8) is 0 Å². The van der Waals surface area contributed by atoms with Crippen molar-refractivity contribution >= 4 is 95.1 Å². The Morgan fingerprint density at radius 3 is 2.09 bits per heavy atom. The van der Waals surface area contributed by atoms with E-state index in [4.69, 9.17) is 0 Å². The zero-order valence-electron chi connectivity index (χ0n) is 18.1. The number of piperazine rings is 1. The van der Waals surface area contributed by atoms with Gasteiger partial charge in [0, 0.05) is 88.4 Å². The number of hydrogen-bond donors (Lipinski definition) is 1. The molecule has 33 heavy (non-hydrogen) atoms. The van der Waals surface area contributed by atoms with Crippen LogP contribution in [0.25, 0.3) is 0 Å². The van der Waals surface area contributed by atoms with Crippen molar-refractivity contribution in [1.82, 2.24) is 24.9 Å². The molecule has 9 nitrogen and oxygen atoms in total. The lowest BCUT2D eigenvalue weighted by Crippen LogP contribution is -2.50. The van der Waals surface area contributed by atoms with Crippen molar-refractivity contribution in [2.45, 2.75) is 0 Å². The number of nitrogens with zero attached hydrogens (tertiary/aromatic N) is 4. The van der Waals surface area contributed by atoms with E-state index < -0.39 is 0 Å². The number of amides is 4. The molecule has 0 aliphatic carbocycles. The lowest BCUT2D eigenvalue weighted by atomic mass is 9.94. The summed E-state index contributed by atoms with van der Waals surface area (Å²) in [6.07, 6.45) is 2.90. The molecule has 1 radical (unpaired) electrons. The molecule has 4 amide bonds. The molecule has 1 fully saturated rings. The zero-order chi connectivity index (χ0) is 24.0. The lowest BCUT2D eigenvalue weighted by molar-refractivity contribution is -0.138. The predicted octanol–water partition coefficient (Wildman–Crippen LogP) is -0.273. The predicted molar refractivity (Wildman–Crippen MR) is 153 cm³/mol. The van der Waals surface area contributed by atoms with Gasteiger partial charge >= 0.3 is 0 Å². The van der Waals surface area contributed by atoms with Gasteiger partial charge in [0.05, 0.1) is 0 Å². The summed E-state index contributed by atoms with van der Waals surface area (Å²) < 4.78 is -0.0496. The van der Waals surface area contributed by atoms with E-state index in [0.29, 0.717) is 37.0 Å². The molecule has 3 rings (SSSR count). The number of imide groups is 2. The molecule has 177 valence electrons. The molecular formula is C18H26B2I2N5O4P2. The fraction of sp³-hybridized carbons (Fsp3) is 0.556. The highest BCUT2D eigenvalue weighted by Gasteiger charge is 2.34. The molecule has 1 saturated heterocycles. The Kier molecular flexibility index (Phi) is 11.2. The molecule has 1 N–H and O–H groups in total. The van der Waals surface area contributed by atoms with Crippen molar-refractivity contribution in [3.8, 4) is 0 Å². The highest BCUT2D eigenvalue weighted by Crippen LogP contribution is 2.29. The van der Waals surface area contributed by atoms with Gasteiger partial charge in [0.15, 0.2) is 0 Å². The Labute approximate surface area is 226 Å². The topological polar surface area (TPSA) is 93.3 Å². The summed E-state index contributed by atoms with van der Waals surface area (Å²) in [5.41, 5.74) is 0.553. The van der Waals surface area contributed by atoms with Crippen LogP contribution < -0.4 is 5.32 Å². The van der Waals surface area contributed by atoms with Crippen LogP contribution in [-0.2, 0) is 19.2 Å². The van der Waals surface area contributed by atoms with E-state index >= 15 is 0 Å². The van der Waals surface area contributed by atoms with Crippen LogP contribution in [0, 0.1) is 0 Å². The van der Waals surface area contributed by atoms with Gasteiger partial charge in [-0.15, -0.1) is 30.8 Å². The minimum Gasteiger partial charge on any atom is -0.314 e. The minimum atomic E-state index is -0.217. The van der Waals surface area contributed by atoms with E-state index in [1.807, 2.05) is 4.86 Å². The van der Waals surface area contributed by atoms with E-state index in [2.05, 4.69) is 69.0 Å². The zero-order valence-corrected chi connectivity index (χ0v) is 24.6. The van der Waals surface area contributed by atoms with Crippen LogP contribution >= 0.6 is 62.3 Å². The average Bonchev–Trinajstić information content (AvgIpc) is 3.22. The number of nitrogens with one attached hydrogen (secondary N) is 1. The van der Waals surface area contributed by atoms with Crippen molar-refractivity contribution in [1.29, 1.82) is 0 Å². The molecule has 0 aromatic rings. The van der Waals surface area contributed by atoms with Crippen LogP contribution in [0.5, 0.6) is 0 Å². The normalized spacial score (nSPS) is 20.5. The van der Waals surface area contributed by atoms with Crippen molar-refractivity contribution in [2.75, 3.05) is 65.4 Å². The summed E-state index contributed by atoms with van der Waals surface area (Å²) in [7, 11) is 2.82. The first-order chi connectivity index (χ1) is 15.8. The number of carbonyl (C=O) groups is 4. The molecule has 3 heterocycles. The second kappa shape index (κ2) is 13.4. The van der Waals surface area contributed by atoms with E-state index in [1.165, 1.54) is 22.0 Å². The van der Waals surface area contributed by atoms with Crippen molar-refractivity contribution in [2.24, 2.45) is 0 Å². The molecule has 3 aliphatic rings. The summed E-state index contributed by atoms with van der Waals surface area (Å²) in [4.78, 5) is 57.8. The Hall–Kier alpha value is 0.0899. The fourth-order valence-corrected chi connectivity index (χ4v) is 6.13. The van der Waals surface area contributed by atoms with E-state index in [0.717, 1.165) is 39.3 Å². The maximum absolute atomic E-state index is 12.4. The van der Waals surface area contributed by atoms with Crippen LogP contribution in [0.2, 0.25) is 0 Å². The van der Waals surface area contributed by atoms with Gasteiger partial charge in [-0.2, -0.15) is 31.5 Å². The summed E-state index contributed by atoms with van der Waals surface area (Å²) >= 11 is 4.22. The van der Waals surface area contributed by atoms with Crippen LogP contribution in [0.3, 0.4) is 0 Å². The third kappa shape index (κ3) is 7.54. The number of hydrogen-bond acceptors (Lipinski definition) is 7. The second-order valence-electron chi connectivity index (χ2n) is 7.84. The Bertz CT molecular complexity index is 856. The first kappa shape index (κ1) is 27.7. The second-order valence-corrected chi connectivity index (χ2v) is 14.1. The van der Waals surface area contributed by atoms with Crippen molar-refractivity contribution in [3.05, 3.63) is 22.9 Å². The van der Waals surface area contributed by atoms with Gasteiger partial charge in [-0.25, -0.2) is 0 Å². The highest BCUT2D eigenvalue weighted by molar-refractivity contribution is 14.1. The van der Waals surface area contributed by atoms with Gasteiger partial charge in [-0.05, 0) is 0 Å². The van der Waals surface area contributed by atoms with E-state index in [9.17, 15) is 19.2 Å². The quantitative estimate of drug-likeness (QED) is 0.0980. The van der Waals surface area contributed by atoms with E-state index in [1.54, 1.807) is 0 Å². The largest absolute Gasteiger partial charge is 0.314 e. The van der Waals surface area contributed by atoms with Crippen LogP contribution in [-0.4, -0.2) is 118 Å². The summed E-state index contributed by atoms with van der Waals surface area (Å²) in [6.45, 7) is 7.42. The van der Waals surface area contributed by atoms with Gasteiger partial charge in [0.25, 0.3) is 22.0 Å². The van der Waals surface area contributed by atoms with Gasteiger partial charge in [-0.3, -0.25) is 38.8 Å². The fourth-order valence-electron chi connectivity index (χ4n) is 3.85. The molecule has 0 bridgehead atoms. The van der Waals surface area contributed by atoms with Gasteiger partial charge in [-0.1, -0.05) is 0 Å². The van der Waals surface area contributed by atoms with Crippen LogP contribution in [0.4, 0.5) is 0 Å². The molecule has 0 spiro atoms. The Balaban J connectivity index is 1.27. The maximum atomic E-state index is 12.4. The molecule has 2 atom stereocenters. The van der Waals surface area contributed by atoms with Crippen LogP contribution in [0.1, 0.15) is 0 Å². The monoisotopic (exact) mass is 714 g/mol. The van der Waals surface area contributed by atoms with Gasteiger partial charge in [0.2, 0.25) is 10.8 Å².